The molecular formula is C19H22S. The Morgan fingerprint density at radius 2 is 1.65 bits per heavy atom. The van der Waals surface area contributed by atoms with E-state index in [0.29, 0.717) is 11.8 Å². The lowest BCUT2D eigenvalue weighted by molar-refractivity contribution is 0.802. The maximum atomic E-state index is 2.43. The molecule has 0 atom stereocenters. The third-order valence-electron chi connectivity index (χ3n) is 4.07. The molecule has 2 aromatic carbocycles. The summed E-state index contributed by atoms with van der Waals surface area (Å²) < 4.78 is 0. The van der Waals surface area contributed by atoms with Crippen molar-refractivity contribution in [3.05, 3.63) is 58.7 Å². The van der Waals surface area contributed by atoms with E-state index in [2.05, 4.69) is 64.1 Å². The molecule has 0 saturated heterocycles. The summed E-state index contributed by atoms with van der Waals surface area (Å²) in [6.07, 6.45) is 1.08. The Kier molecular flexibility index (Phi) is 3.64. The van der Waals surface area contributed by atoms with E-state index in [0.717, 1.165) is 6.42 Å². The first-order valence-corrected chi connectivity index (χ1v) is 8.30. The Balaban J connectivity index is 2.14. The molecule has 0 aromatic heterocycles. The molecule has 20 heavy (non-hydrogen) atoms. The summed E-state index contributed by atoms with van der Waals surface area (Å²) in [7, 11) is 0. The van der Waals surface area contributed by atoms with E-state index >= 15 is 0 Å². The number of fused-ring (bicyclic) bond motifs is 2. The molecule has 0 nitrogen and oxygen atoms in total. The van der Waals surface area contributed by atoms with E-state index in [1.54, 1.807) is 0 Å². The van der Waals surface area contributed by atoms with Gasteiger partial charge >= 0.3 is 0 Å². The summed E-state index contributed by atoms with van der Waals surface area (Å²) in [5.74, 6) is 1.18. The lowest BCUT2D eigenvalue weighted by Gasteiger charge is -2.25. The fourth-order valence-corrected chi connectivity index (χ4v) is 4.13. The van der Waals surface area contributed by atoms with E-state index < -0.39 is 0 Å². The summed E-state index contributed by atoms with van der Waals surface area (Å²) in [5.41, 5.74) is 5.99. The van der Waals surface area contributed by atoms with Crippen LogP contribution in [0.4, 0.5) is 0 Å². The zero-order chi connectivity index (χ0) is 14.3. The van der Waals surface area contributed by atoms with Crippen LogP contribution in [0.5, 0.6) is 0 Å². The van der Waals surface area contributed by atoms with Gasteiger partial charge in [-0.05, 0) is 46.6 Å². The zero-order valence-electron chi connectivity index (χ0n) is 12.7. The highest BCUT2D eigenvalue weighted by molar-refractivity contribution is 7.99. The summed E-state index contributed by atoms with van der Waals surface area (Å²) >= 11 is 1.96. The topological polar surface area (TPSA) is 0 Å². The quantitative estimate of drug-likeness (QED) is 0.556. The summed E-state index contributed by atoms with van der Waals surface area (Å²) in [4.78, 5) is 2.93. The van der Waals surface area contributed by atoms with Gasteiger partial charge in [0.1, 0.15) is 0 Å². The van der Waals surface area contributed by atoms with Gasteiger partial charge in [-0.15, -0.1) is 0 Å². The monoisotopic (exact) mass is 282 g/mol. The van der Waals surface area contributed by atoms with Gasteiger partial charge in [0.2, 0.25) is 0 Å². The SMILES string of the molecule is CC(C)c1cc2c(c(C(C)C)c1)Sc1ccccc1C2. The van der Waals surface area contributed by atoms with Gasteiger partial charge in [0.15, 0.2) is 0 Å². The first kappa shape index (κ1) is 13.8. The van der Waals surface area contributed by atoms with Crippen LogP contribution in [0.25, 0.3) is 0 Å². The summed E-state index contributed by atoms with van der Waals surface area (Å²) in [6.45, 7) is 9.19. The highest BCUT2D eigenvalue weighted by atomic mass is 32.2. The van der Waals surface area contributed by atoms with Crippen LogP contribution in [-0.2, 0) is 6.42 Å². The maximum Gasteiger partial charge on any atom is 0.0192 e. The molecule has 0 radical (unpaired) electrons. The third kappa shape index (κ3) is 2.40. The highest BCUT2D eigenvalue weighted by Crippen LogP contribution is 2.44. The van der Waals surface area contributed by atoms with Gasteiger partial charge in [-0.2, -0.15) is 0 Å². The molecular weight excluding hydrogens is 260 g/mol. The minimum Gasteiger partial charge on any atom is -0.0892 e. The lowest BCUT2D eigenvalue weighted by Crippen LogP contribution is -2.06. The van der Waals surface area contributed by atoms with Crippen LogP contribution in [0, 0.1) is 0 Å². The van der Waals surface area contributed by atoms with Crippen molar-refractivity contribution in [1.29, 1.82) is 0 Å². The van der Waals surface area contributed by atoms with Crippen LogP contribution >= 0.6 is 11.8 Å². The third-order valence-corrected chi connectivity index (χ3v) is 5.39. The molecule has 0 unspecified atom stereocenters. The summed E-state index contributed by atoms with van der Waals surface area (Å²) in [6, 6.07) is 13.7. The Labute approximate surface area is 126 Å². The summed E-state index contributed by atoms with van der Waals surface area (Å²) in [5, 5.41) is 0. The zero-order valence-corrected chi connectivity index (χ0v) is 13.6. The van der Waals surface area contributed by atoms with Gasteiger partial charge in [0, 0.05) is 9.79 Å². The molecule has 1 aliphatic rings. The van der Waals surface area contributed by atoms with Crippen molar-refractivity contribution in [2.75, 3.05) is 0 Å². The second-order valence-electron chi connectivity index (χ2n) is 6.29. The van der Waals surface area contributed by atoms with Crippen LogP contribution in [0.15, 0.2) is 46.2 Å². The van der Waals surface area contributed by atoms with Crippen LogP contribution in [0.3, 0.4) is 0 Å². The second-order valence-corrected chi connectivity index (χ2v) is 7.35. The normalized spacial score (nSPS) is 13.5. The fourth-order valence-electron chi connectivity index (χ4n) is 2.82. The first-order valence-electron chi connectivity index (χ1n) is 7.48. The van der Waals surface area contributed by atoms with Crippen molar-refractivity contribution in [2.45, 2.75) is 55.7 Å². The van der Waals surface area contributed by atoms with Gasteiger partial charge in [-0.25, -0.2) is 0 Å². The predicted octanol–water partition coefficient (Wildman–Crippen LogP) is 5.99. The molecule has 0 fully saturated rings. The van der Waals surface area contributed by atoms with Crippen molar-refractivity contribution in [3.8, 4) is 0 Å². The second kappa shape index (κ2) is 5.29. The Morgan fingerprint density at radius 1 is 0.900 bits per heavy atom. The molecule has 0 aliphatic carbocycles. The number of rotatable bonds is 2. The number of benzene rings is 2. The standard InChI is InChI=1S/C19H22S/c1-12(2)15-10-16-9-14-7-5-6-8-18(14)20-19(16)17(11-15)13(3)4/h5-8,10-13H,9H2,1-4H3. The van der Waals surface area contributed by atoms with Crippen molar-refractivity contribution in [1.82, 2.24) is 0 Å². The molecule has 2 aromatic rings. The van der Waals surface area contributed by atoms with Gasteiger partial charge in [0.05, 0.1) is 0 Å². The van der Waals surface area contributed by atoms with E-state index in [4.69, 9.17) is 0 Å². The van der Waals surface area contributed by atoms with E-state index in [9.17, 15) is 0 Å². The number of hydrogen-bond donors (Lipinski definition) is 0. The minimum atomic E-state index is 0.584. The molecule has 0 spiro atoms. The molecule has 3 rings (SSSR count). The highest BCUT2D eigenvalue weighted by Gasteiger charge is 2.21. The van der Waals surface area contributed by atoms with E-state index in [1.165, 1.54) is 32.0 Å². The molecule has 104 valence electrons. The van der Waals surface area contributed by atoms with Gasteiger partial charge in [-0.3, -0.25) is 0 Å². The van der Waals surface area contributed by atoms with Crippen LogP contribution in [0.1, 0.15) is 61.8 Å². The largest absolute Gasteiger partial charge is 0.0892 e. The number of hydrogen-bond acceptors (Lipinski definition) is 1. The van der Waals surface area contributed by atoms with Gasteiger partial charge in [0.25, 0.3) is 0 Å². The van der Waals surface area contributed by atoms with Gasteiger partial charge < -0.3 is 0 Å². The van der Waals surface area contributed by atoms with Crippen molar-refractivity contribution < 1.29 is 0 Å². The molecule has 0 bridgehead atoms. The fraction of sp³-hybridized carbons (Fsp3) is 0.368. The lowest BCUT2D eigenvalue weighted by atomic mass is 9.90. The molecule has 0 saturated carbocycles. The molecule has 0 amide bonds. The van der Waals surface area contributed by atoms with Crippen LogP contribution in [-0.4, -0.2) is 0 Å². The minimum absolute atomic E-state index is 0.584. The molecule has 0 N–H and O–H groups in total. The molecule has 1 heteroatoms. The predicted molar refractivity (Wildman–Crippen MR) is 88.0 cm³/mol. The Hall–Kier alpha value is -1.21. The maximum absolute atomic E-state index is 2.43. The van der Waals surface area contributed by atoms with E-state index in [1.807, 2.05) is 11.8 Å². The average Bonchev–Trinajstić information content (AvgIpc) is 2.43. The smallest absolute Gasteiger partial charge is 0.0192 e. The van der Waals surface area contributed by atoms with Crippen molar-refractivity contribution in [3.63, 3.8) is 0 Å². The van der Waals surface area contributed by atoms with Crippen LogP contribution < -0.4 is 0 Å². The Morgan fingerprint density at radius 3 is 2.35 bits per heavy atom. The average molecular weight is 282 g/mol. The van der Waals surface area contributed by atoms with Gasteiger partial charge in [-0.1, -0.05) is 69.8 Å². The Bertz CT molecular complexity index is 638. The van der Waals surface area contributed by atoms with Crippen molar-refractivity contribution >= 4 is 11.8 Å². The molecule has 1 heterocycles. The molecule has 1 aliphatic heterocycles. The first-order chi connectivity index (χ1) is 9.56. The van der Waals surface area contributed by atoms with E-state index in [-0.39, 0.29) is 0 Å². The van der Waals surface area contributed by atoms with Crippen molar-refractivity contribution in [2.24, 2.45) is 0 Å². The van der Waals surface area contributed by atoms with Crippen LogP contribution in [0.2, 0.25) is 0 Å².